The number of nitrogens with one attached hydrogen (secondary N) is 1. The van der Waals surface area contributed by atoms with Gasteiger partial charge in [0.2, 0.25) is 12.7 Å². The Balaban J connectivity index is 1.25. The largest absolute Gasteiger partial charge is 0.454 e. The number of amides is 1. The van der Waals surface area contributed by atoms with E-state index >= 15 is 0 Å². The molecule has 2 heterocycles. The number of hydrogen-bond acceptors (Lipinski definition) is 6. The van der Waals surface area contributed by atoms with Gasteiger partial charge in [-0.2, -0.15) is 0 Å². The van der Waals surface area contributed by atoms with Gasteiger partial charge in [-0.05, 0) is 35.4 Å². The minimum Gasteiger partial charge on any atom is -0.454 e. The smallest absolute Gasteiger partial charge is 0.231 e. The predicted molar refractivity (Wildman–Crippen MR) is 128 cm³/mol. The number of nitrogens with zero attached hydrogens (tertiary/aromatic N) is 2. The molecule has 1 amide bonds. The second kappa shape index (κ2) is 9.28. The number of carbonyl (C=O) groups excluding carboxylic acids is 1. The van der Waals surface area contributed by atoms with Gasteiger partial charge in [-0.3, -0.25) is 9.79 Å². The lowest BCUT2D eigenvalue weighted by Gasteiger charge is -2.09. The molecule has 0 bridgehead atoms. The summed E-state index contributed by atoms with van der Waals surface area (Å²) >= 11 is 1.45. The van der Waals surface area contributed by atoms with Crippen molar-refractivity contribution in [2.75, 3.05) is 12.5 Å². The zero-order valence-electron chi connectivity index (χ0n) is 17.3. The Morgan fingerprint density at radius 2 is 1.66 bits per heavy atom. The number of benzene rings is 3. The first-order valence-electron chi connectivity index (χ1n) is 10.3. The first-order chi connectivity index (χ1) is 15.7. The maximum absolute atomic E-state index is 12.5. The third-order valence-corrected chi connectivity index (χ3v) is 6.08. The van der Waals surface area contributed by atoms with Gasteiger partial charge in [0.1, 0.15) is 0 Å². The van der Waals surface area contributed by atoms with Crippen molar-refractivity contribution in [2.45, 2.75) is 13.0 Å². The minimum atomic E-state index is -0.0499. The molecule has 0 saturated carbocycles. The summed E-state index contributed by atoms with van der Waals surface area (Å²) in [6.07, 6.45) is 0.582. The lowest BCUT2D eigenvalue weighted by atomic mass is 10.1. The summed E-state index contributed by atoms with van der Waals surface area (Å²) in [5.41, 5.74) is 4.63. The third-order valence-electron chi connectivity index (χ3n) is 5.10. The van der Waals surface area contributed by atoms with Crippen LogP contribution in [0.1, 0.15) is 17.5 Å². The van der Waals surface area contributed by atoms with Crippen LogP contribution in [0.4, 0.5) is 11.4 Å². The highest BCUT2D eigenvalue weighted by molar-refractivity contribution is 8.14. The lowest BCUT2D eigenvalue weighted by Crippen LogP contribution is -2.25. The lowest BCUT2D eigenvalue weighted by molar-refractivity contribution is -0.118. The SMILES string of the molecule is O=C(CSC1=Nc2ccccc2N=C(c2ccccc2)C1)NCc1ccc2c(c1)OCO2. The number of carbonyl (C=O) groups is 1. The van der Waals surface area contributed by atoms with Gasteiger partial charge in [-0.25, -0.2) is 4.99 Å². The molecular weight excluding hydrogens is 422 g/mol. The minimum absolute atomic E-state index is 0.0499. The van der Waals surface area contributed by atoms with Crippen molar-refractivity contribution in [3.8, 4) is 11.5 Å². The number of ether oxygens (including phenoxy) is 2. The molecule has 0 aromatic heterocycles. The highest BCUT2D eigenvalue weighted by atomic mass is 32.2. The normalized spacial score (nSPS) is 14.1. The van der Waals surface area contributed by atoms with Gasteiger partial charge in [-0.15, -0.1) is 11.8 Å². The quantitative estimate of drug-likeness (QED) is 0.601. The number of fused-ring (bicyclic) bond motifs is 2. The molecule has 0 radical (unpaired) electrons. The van der Waals surface area contributed by atoms with Crippen LogP contribution in [0.25, 0.3) is 0 Å². The second-order valence-corrected chi connectivity index (χ2v) is 8.40. The molecule has 6 nitrogen and oxygen atoms in total. The molecule has 2 aliphatic heterocycles. The Morgan fingerprint density at radius 1 is 0.906 bits per heavy atom. The highest BCUT2D eigenvalue weighted by Crippen LogP contribution is 2.34. The number of thioether (sulfide) groups is 1. The molecule has 0 saturated heterocycles. The van der Waals surface area contributed by atoms with E-state index in [1.165, 1.54) is 11.8 Å². The van der Waals surface area contributed by atoms with Crippen LogP contribution >= 0.6 is 11.8 Å². The Kier molecular flexibility index (Phi) is 5.89. The molecule has 0 unspecified atom stereocenters. The molecule has 5 rings (SSSR count). The van der Waals surface area contributed by atoms with Crippen molar-refractivity contribution < 1.29 is 14.3 Å². The first-order valence-corrected chi connectivity index (χ1v) is 11.3. The maximum Gasteiger partial charge on any atom is 0.231 e. The molecule has 0 spiro atoms. The molecule has 1 N–H and O–H groups in total. The average molecular weight is 444 g/mol. The summed E-state index contributed by atoms with van der Waals surface area (Å²) in [6.45, 7) is 0.670. The van der Waals surface area contributed by atoms with Crippen molar-refractivity contribution in [1.29, 1.82) is 0 Å². The van der Waals surface area contributed by atoms with Crippen LogP contribution < -0.4 is 14.8 Å². The van der Waals surface area contributed by atoms with Gasteiger partial charge < -0.3 is 14.8 Å². The first kappa shape index (κ1) is 20.3. The predicted octanol–water partition coefficient (Wildman–Crippen LogP) is 5.02. The van der Waals surface area contributed by atoms with Gasteiger partial charge in [0, 0.05) is 13.0 Å². The Labute approximate surface area is 190 Å². The summed E-state index contributed by atoms with van der Waals surface area (Å²) in [6, 6.07) is 23.6. The zero-order valence-corrected chi connectivity index (χ0v) is 18.1. The number of rotatable bonds is 5. The standard InChI is InChI=1S/C25H21N3O3S/c29-24(26-14-17-10-11-22-23(12-17)31-16-30-22)15-32-25-13-21(18-6-2-1-3-7-18)27-19-8-4-5-9-20(19)28-25/h1-12H,13-16H2,(H,26,29). The molecule has 160 valence electrons. The van der Waals surface area contributed by atoms with Crippen LogP contribution in [-0.2, 0) is 11.3 Å². The van der Waals surface area contributed by atoms with Crippen molar-refractivity contribution in [3.63, 3.8) is 0 Å². The summed E-state index contributed by atoms with van der Waals surface area (Å²) in [7, 11) is 0. The molecule has 0 atom stereocenters. The van der Waals surface area contributed by atoms with Gasteiger partial charge in [0.25, 0.3) is 0 Å². The molecule has 0 aliphatic carbocycles. The zero-order chi connectivity index (χ0) is 21.8. The Morgan fingerprint density at radius 3 is 2.50 bits per heavy atom. The summed E-state index contributed by atoms with van der Waals surface area (Å²) < 4.78 is 10.7. The molecular formula is C25H21N3O3S. The van der Waals surface area contributed by atoms with E-state index in [0.717, 1.165) is 39.0 Å². The summed E-state index contributed by atoms with van der Waals surface area (Å²) in [4.78, 5) is 22.2. The van der Waals surface area contributed by atoms with E-state index in [-0.39, 0.29) is 18.5 Å². The molecule has 2 aliphatic rings. The van der Waals surface area contributed by atoms with Gasteiger partial charge in [-0.1, -0.05) is 48.5 Å². The van der Waals surface area contributed by atoms with Crippen LogP contribution in [0.2, 0.25) is 0 Å². The second-order valence-electron chi connectivity index (χ2n) is 7.35. The summed E-state index contributed by atoms with van der Waals surface area (Å²) in [5.74, 6) is 1.68. The summed E-state index contributed by atoms with van der Waals surface area (Å²) in [5, 5.41) is 3.84. The van der Waals surface area contributed by atoms with Crippen LogP contribution in [0, 0.1) is 0 Å². The Hall–Kier alpha value is -3.58. The van der Waals surface area contributed by atoms with Crippen molar-refractivity contribution in [2.24, 2.45) is 9.98 Å². The van der Waals surface area contributed by atoms with E-state index in [4.69, 9.17) is 19.5 Å². The fraction of sp³-hybridized carbons (Fsp3) is 0.160. The number of aliphatic imine (C=N–C) groups is 2. The highest BCUT2D eigenvalue weighted by Gasteiger charge is 2.17. The van der Waals surface area contributed by atoms with E-state index in [1.54, 1.807) is 0 Å². The van der Waals surface area contributed by atoms with E-state index in [2.05, 4.69) is 5.32 Å². The van der Waals surface area contributed by atoms with Crippen molar-refractivity contribution in [3.05, 3.63) is 83.9 Å². The van der Waals surface area contributed by atoms with E-state index in [9.17, 15) is 4.79 Å². The van der Waals surface area contributed by atoms with Crippen LogP contribution in [0.3, 0.4) is 0 Å². The molecule has 7 heteroatoms. The topological polar surface area (TPSA) is 72.3 Å². The maximum atomic E-state index is 12.5. The van der Waals surface area contributed by atoms with E-state index in [1.807, 2.05) is 72.8 Å². The fourth-order valence-corrected chi connectivity index (χ4v) is 4.29. The molecule has 32 heavy (non-hydrogen) atoms. The average Bonchev–Trinajstić information content (AvgIpc) is 3.21. The van der Waals surface area contributed by atoms with E-state index < -0.39 is 0 Å². The van der Waals surface area contributed by atoms with Crippen molar-refractivity contribution >= 4 is 39.8 Å². The Bertz CT molecular complexity index is 1210. The number of hydrogen-bond donors (Lipinski definition) is 1. The van der Waals surface area contributed by atoms with Gasteiger partial charge in [0.05, 0.1) is 27.9 Å². The molecule has 0 fully saturated rings. The van der Waals surface area contributed by atoms with Crippen molar-refractivity contribution in [1.82, 2.24) is 5.32 Å². The van der Waals surface area contributed by atoms with Crippen LogP contribution in [0.15, 0.2) is 82.8 Å². The van der Waals surface area contributed by atoms with Crippen LogP contribution in [-0.4, -0.2) is 29.2 Å². The third kappa shape index (κ3) is 4.68. The molecule has 3 aromatic rings. The number of para-hydroxylation sites is 2. The van der Waals surface area contributed by atoms with E-state index in [0.29, 0.717) is 18.7 Å². The monoisotopic (exact) mass is 443 g/mol. The molecule has 3 aromatic carbocycles. The van der Waals surface area contributed by atoms with Crippen LogP contribution in [0.5, 0.6) is 11.5 Å². The van der Waals surface area contributed by atoms with Gasteiger partial charge in [0.15, 0.2) is 11.5 Å². The van der Waals surface area contributed by atoms with Gasteiger partial charge >= 0.3 is 0 Å². The fourth-order valence-electron chi connectivity index (χ4n) is 3.49.